The van der Waals surface area contributed by atoms with Gasteiger partial charge < -0.3 is 14.5 Å². The molecule has 3 aliphatic rings. The highest BCUT2D eigenvalue weighted by molar-refractivity contribution is 5.77. The first kappa shape index (κ1) is 21.2. The zero-order valence-corrected chi connectivity index (χ0v) is 18.6. The number of carbonyl (C=O) groups excluding carboxylic acids is 2. The lowest BCUT2D eigenvalue weighted by Gasteiger charge is -2.43. The summed E-state index contributed by atoms with van der Waals surface area (Å²) < 4.78 is 6.65. The van der Waals surface area contributed by atoms with Crippen LogP contribution in [0.3, 0.4) is 0 Å². The van der Waals surface area contributed by atoms with E-state index < -0.39 is 0 Å². The third kappa shape index (κ3) is 4.65. The summed E-state index contributed by atoms with van der Waals surface area (Å²) in [6.07, 6.45) is 10.5. The maximum Gasteiger partial charge on any atom is 0.223 e. The van der Waals surface area contributed by atoms with Crippen molar-refractivity contribution in [3.63, 3.8) is 0 Å². The SMILES string of the molecule is CC(=O)N(C)C1CCC2(CC1)CN(C(=O)CC1CCCCC1)Cc1ccccc1O2. The summed E-state index contributed by atoms with van der Waals surface area (Å²) in [5.74, 6) is 1.86. The van der Waals surface area contributed by atoms with E-state index in [2.05, 4.69) is 11.0 Å². The van der Waals surface area contributed by atoms with Gasteiger partial charge >= 0.3 is 0 Å². The van der Waals surface area contributed by atoms with E-state index in [9.17, 15) is 9.59 Å². The summed E-state index contributed by atoms with van der Waals surface area (Å²) in [5, 5.41) is 0. The largest absolute Gasteiger partial charge is 0.485 e. The van der Waals surface area contributed by atoms with Crippen LogP contribution in [0.1, 0.15) is 76.7 Å². The number of ether oxygens (including phenoxy) is 1. The molecule has 164 valence electrons. The zero-order valence-electron chi connectivity index (χ0n) is 18.6. The van der Waals surface area contributed by atoms with Crippen LogP contribution in [-0.2, 0) is 16.1 Å². The minimum absolute atomic E-state index is 0.118. The molecule has 5 heteroatoms. The molecule has 4 rings (SSSR count). The first-order valence-electron chi connectivity index (χ1n) is 11.7. The predicted molar refractivity (Wildman–Crippen MR) is 117 cm³/mol. The number of carbonyl (C=O) groups is 2. The zero-order chi connectivity index (χ0) is 21.1. The van der Waals surface area contributed by atoms with Gasteiger partial charge in [-0.05, 0) is 50.5 Å². The summed E-state index contributed by atoms with van der Waals surface area (Å²) in [7, 11) is 1.90. The van der Waals surface area contributed by atoms with E-state index in [0.29, 0.717) is 25.4 Å². The van der Waals surface area contributed by atoms with Crippen LogP contribution in [0.2, 0.25) is 0 Å². The minimum Gasteiger partial charge on any atom is -0.485 e. The molecule has 0 aromatic heterocycles. The summed E-state index contributed by atoms with van der Waals surface area (Å²) in [4.78, 5) is 29.1. The third-order valence-corrected chi connectivity index (χ3v) is 7.59. The Labute approximate surface area is 180 Å². The van der Waals surface area contributed by atoms with Crippen molar-refractivity contribution in [1.82, 2.24) is 9.80 Å². The lowest BCUT2D eigenvalue weighted by atomic mass is 9.80. The van der Waals surface area contributed by atoms with Gasteiger partial charge in [0.05, 0.1) is 6.54 Å². The van der Waals surface area contributed by atoms with Crippen molar-refractivity contribution in [3.8, 4) is 5.75 Å². The number of para-hydroxylation sites is 1. The van der Waals surface area contributed by atoms with E-state index in [4.69, 9.17) is 4.74 Å². The van der Waals surface area contributed by atoms with Gasteiger partial charge in [-0.25, -0.2) is 0 Å². The van der Waals surface area contributed by atoms with E-state index in [-0.39, 0.29) is 23.5 Å². The van der Waals surface area contributed by atoms with Gasteiger partial charge in [-0.2, -0.15) is 0 Å². The van der Waals surface area contributed by atoms with Gasteiger partial charge in [0.25, 0.3) is 0 Å². The van der Waals surface area contributed by atoms with Crippen LogP contribution in [0.25, 0.3) is 0 Å². The van der Waals surface area contributed by atoms with Crippen molar-refractivity contribution in [2.75, 3.05) is 13.6 Å². The molecule has 0 N–H and O–H groups in total. The van der Waals surface area contributed by atoms with E-state index >= 15 is 0 Å². The predicted octanol–water partition coefficient (Wildman–Crippen LogP) is 4.54. The number of hydrogen-bond acceptors (Lipinski definition) is 3. The Bertz CT molecular complexity index is 763. The third-order valence-electron chi connectivity index (χ3n) is 7.59. The molecule has 0 radical (unpaired) electrons. The number of fused-ring (bicyclic) bond motifs is 1. The molecule has 1 spiro atoms. The van der Waals surface area contributed by atoms with Crippen LogP contribution in [0.4, 0.5) is 0 Å². The van der Waals surface area contributed by atoms with Gasteiger partial charge in [-0.15, -0.1) is 0 Å². The Balaban J connectivity index is 1.51. The molecular formula is C25H36N2O3. The maximum absolute atomic E-state index is 13.3. The van der Waals surface area contributed by atoms with E-state index in [1.165, 1.54) is 32.1 Å². The Hall–Kier alpha value is -2.04. The van der Waals surface area contributed by atoms with Gasteiger partial charge in [0.1, 0.15) is 11.4 Å². The molecule has 0 atom stereocenters. The topological polar surface area (TPSA) is 49.9 Å². The molecule has 0 saturated heterocycles. The second kappa shape index (κ2) is 8.99. The van der Waals surface area contributed by atoms with Gasteiger partial charge in [-0.3, -0.25) is 9.59 Å². The minimum atomic E-state index is -0.344. The molecule has 0 bridgehead atoms. The number of benzene rings is 1. The van der Waals surface area contributed by atoms with E-state index in [0.717, 1.165) is 37.0 Å². The smallest absolute Gasteiger partial charge is 0.223 e. The molecule has 2 saturated carbocycles. The Morgan fingerprint density at radius 1 is 1.10 bits per heavy atom. The monoisotopic (exact) mass is 412 g/mol. The van der Waals surface area contributed by atoms with E-state index in [1.807, 2.05) is 30.1 Å². The van der Waals surface area contributed by atoms with Gasteiger partial charge in [-0.1, -0.05) is 37.5 Å². The summed E-state index contributed by atoms with van der Waals surface area (Å²) in [6.45, 7) is 2.93. The van der Waals surface area contributed by atoms with Crippen LogP contribution in [0.5, 0.6) is 5.75 Å². The molecule has 0 unspecified atom stereocenters. The molecule has 1 aromatic rings. The van der Waals surface area contributed by atoms with Gasteiger partial charge in [0.15, 0.2) is 0 Å². The number of hydrogen-bond donors (Lipinski definition) is 0. The van der Waals surface area contributed by atoms with Gasteiger partial charge in [0, 0.05) is 38.5 Å². The number of amides is 2. The van der Waals surface area contributed by atoms with Crippen LogP contribution < -0.4 is 4.74 Å². The van der Waals surface area contributed by atoms with E-state index in [1.54, 1.807) is 6.92 Å². The van der Waals surface area contributed by atoms with Crippen molar-refractivity contribution in [2.24, 2.45) is 5.92 Å². The van der Waals surface area contributed by atoms with Crippen LogP contribution >= 0.6 is 0 Å². The fraction of sp³-hybridized carbons (Fsp3) is 0.680. The van der Waals surface area contributed by atoms with Crippen molar-refractivity contribution < 1.29 is 14.3 Å². The molecule has 1 aromatic carbocycles. The summed E-state index contributed by atoms with van der Waals surface area (Å²) >= 11 is 0. The standard InChI is InChI=1S/C25H36N2O3/c1-19(28)26(2)22-12-14-25(15-13-22)18-27(17-21-10-6-7-11-23(21)30-25)24(29)16-20-8-4-3-5-9-20/h6-7,10-11,20,22H,3-5,8-9,12-18H2,1-2H3. The lowest BCUT2D eigenvalue weighted by molar-refractivity contribution is -0.136. The highest BCUT2D eigenvalue weighted by atomic mass is 16.5. The quantitative estimate of drug-likeness (QED) is 0.732. The molecule has 2 aliphatic carbocycles. The fourth-order valence-corrected chi connectivity index (χ4v) is 5.59. The Kier molecular flexibility index (Phi) is 6.35. The maximum atomic E-state index is 13.3. The second-order valence-corrected chi connectivity index (χ2v) is 9.71. The summed E-state index contributed by atoms with van der Waals surface area (Å²) in [6, 6.07) is 8.44. The molecule has 5 nitrogen and oxygen atoms in total. The number of nitrogens with zero attached hydrogens (tertiary/aromatic N) is 2. The van der Waals surface area contributed by atoms with Crippen molar-refractivity contribution in [1.29, 1.82) is 0 Å². The molecular weight excluding hydrogens is 376 g/mol. The molecule has 2 fully saturated rings. The lowest BCUT2D eigenvalue weighted by Crippen LogP contribution is -2.52. The number of rotatable bonds is 3. The van der Waals surface area contributed by atoms with Crippen molar-refractivity contribution in [2.45, 2.75) is 89.3 Å². The first-order valence-corrected chi connectivity index (χ1v) is 11.7. The average Bonchev–Trinajstić information content (AvgIpc) is 2.91. The highest BCUT2D eigenvalue weighted by Gasteiger charge is 2.43. The van der Waals surface area contributed by atoms with Crippen molar-refractivity contribution in [3.05, 3.63) is 29.8 Å². The van der Waals surface area contributed by atoms with Gasteiger partial charge in [0.2, 0.25) is 11.8 Å². The average molecular weight is 413 g/mol. The molecule has 1 heterocycles. The van der Waals surface area contributed by atoms with Crippen LogP contribution in [-0.4, -0.2) is 46.8 Å². The Morgan fingerprint density at radius 3 is 2.50 bits per heavy atom. The molecule has 2 amide bonds. The second-order valence-electron chi connectivity index (χ2n) is 9.71. The normalized spacial score (nSPS) is 27.1. The highest BCUT2D eigenvalue weighted by Crippen LogP contribution is 2.40. The fourth-order valence-electron chi connectivity index (χ4n) is 5.59. The van der Waals surface area contributed by atoms with Crippen LogP contribution in [0, 0.1) is 5.92 Å². The Morgan fingerprint density at radius 2 is 1.80 bits per heavy atom. The molecule has 30 heavy (non-hydrogen) atoms. The first-order chi connectivity index (χ1) is 14.5. The molecule has 1 aliphatic heterocycles. The van der Waals surface area contributed by atoms with Crippen LogP contribution in [0.15, 0.2) is 24.3 Å². The van der Waals surface area contributed by atoms with Crippen molar-refractivity contribution >= 4 is 11.8 Å². The summed E-state index contributed by atoms with van der Waals surface area (Å²) in [5.41, 5.74) is 0.762.